The van der Waals surface area contributed by atoms with E-state index in [1.165, 1.54) is 25.1 Å². The van der Waals surface area contributed by atoms with Gasteiger partial charge in [-0.05, 0) is 73.7 Å². The molecule has 3 aromatic rings. The number of rotatable bonds is 6. The number of halogens is 8. The fourth-order valence-electron chi connectivity index (χ4n) is 6.36. The van der Waals surface area contributed by atoms with E-state index >= 15 is 0 Å². The summed E-state index contributed by atoms with van der Waals surface area (Å²) in [7, 11) is 0. The summed E-state index contributed by atoms with van der Waals surface area (Å²) >= 11 is 0. The minimum absolute atomic E-state index is 0.131. The third-order valence-corrected chi connectivity index (χ3v) is 8.70. The number of likely N-dealkylation sites (tertiary alicyclic amines) is 1. The van der Waals surface area contributed by atoms with Crippen molar-refractivity contribution in [2.45, 2.75) is 63.5 Å². The number of amides is 2. The first-order valence-corrected chi connectivity index (χ1v) is 14.8. The van der Waals surface area contributed by atoms with Gasteiger partial charge in [-0.1, -0.05) is 37.1 Å². The van der Waals surface area contributed by atoms with Crippen molar-refractivity contribution in [1.29, 1.82) is 0 Å². The summed E-state index contributed by atoms with van der Waals surface area (Å²) in [6.45, 7) is 0.214. The fraction of sp³-hybridized carbons (Fsp3) is 0.394. The van der Waals surface area contributed by atoms with Crippen molar-refractivity contribution in [3.63, 3.8) is 0 Å². The van der Waals surface area contributed by atoms with Gasteiger partial charge < -0.3 is 15.5 Å². The molecule has 13 heteroatoms. The highest BCUT2D eigenvalue weighted by molar-refractivity contribution is 5.97. The maximum Gasteiger partial charge on any atom is 0.416 e. The molecule has 2 amide bonds. The van der Waals surface area contributed by atoms with Gasteiger partial charge in [-0.3, -0.25) is 9.59 Å². The van der Waals surface area contributed by atoms with Crippen molar-refractivity contribution < 1.29 is 44.7 Å². The highest BCUT2D eigenvalue weighted by Crippen LogP contribution is 2.45. The van der Waals surface area contributed by atoms with Crippen molar-refractivity contribution in [3.8, 4) is 0 Å². The van der Waals surface area contributed by atoms with Crippen molar-refractivity contribution in [3.05, 3.63) is 94.6 Å². The smallest absolute Gasteiger partial charge is 0.382 e. The van der Waals surface area contributed by atoms with Crippen molar-refractivity contribution in [1.82, 2.24) is 4.90 Å². The molecule has 1 aliphatic heterocycles. The molecule has 0 bridgehead atoms. The van der Waals surface area contributed by atoms with Crippen LogP contribution in [0.2, 0.25) is 0 Å². The van der Waals surface area contributed by atoms with Crippen LogP contribution in [-0.2, 0) is 11.0 Å². The van der Waals surface area contributed by atoms with E-state index in [1.807, 2.05) is 0 Å². The Labute approximate surface area is 260 Å². The zero-order valence-corrected chi connectivity index (χ0v) is 24.6. The van der Waals surface area contributed by atoms with E-state index in [2.05, 4.69) is 10.6 Å². The molecular weight excluding hydrogens is 622 g/mol. The number of benzene rings is 3. The van der Waals surface area contributed by atoms with E-state index in [4.69, 9.17) is 0 Å². The Morgan fingerprint density at radius 3 is 2.04 bits per heavy atom. The number of nitrogens with zero attached hydrogens (tertiary/aromatic N) is 1. The zero-order valence-electron chi connectivity index (χ0n) is 24.6. The van der Waals surface area contributed by atoms with Crippen LogP contribution in [0.15, 0.2) is 60.7 Å². The zero-order chi connectivity index (χ0) is 33.4. The molecule has 1 saturated heterocycles. The summed E-state index contributed by atoms with van der Waals surface area (Å²) in [5, 5.41) is 5.66. The average molecular weight is 654 g/mol. The predicted molar refractivity (Wildman–Crippen MR) is 155 cm³/mol. The van der Waals surface area contributed by atoms with Crippen LogP contribution in [0, 0.1) is 30.4 Å². The molecule has 1 aliphatic carbocycles. The van der Waals surface area contributed by atoms with Crippen LogP contribution in [0.25, 0.3) is 0 Å². The van der Waals surface area contributed by atoms with Crippen molar-refractivity contribution >= 4 is 23.2 Å². The lowest BCUT2D eigenvalue weighted by atomic mass is 9.78. The molecular formula is C33H31F8N3O2. The van der Waals surface area contributed by atoms with E-state index in [0.29, 0.717) is 16.7 Å². The lowest BCUT2D eigenvalue weighted by Crippen LogP contribution is -2.52. The molecule has 0 radical (unpaired) electrons. The molecule has 1 saturated carbocycles. The van der Waals surface area contributed by atoms with Crippen LogP contribution in [0.1, 0.15) is 65.2 Å². The lowest BCUT2D eigenvalue weighted by molar-refractivity contribution is -0.193. The SMILES string of the molecule is Cc1ccc(NC(=O)C2C[C@@H](C(F)(F)F)CN(C(=O)c3c(F)cccc3F)[C@H]2c2ccc(NC3CCCC3)cc2)cc1C(F)(F)F. The average Bonchev–Trinajstić information content (AvgIpc) is 3.50. The Bertz CT molecular complexity index is 1560. The molecule has 2 fully saturated rings. The quantitative estimate of drug-likeness (QED) is 0.262. The first-order valence-electron chi connectivity index (χ1n) is 14.8. The van der Waals surface area contributed by atoms with Gasteiger partial charge in [0.05, 0.1) is 23.4 Å². The van der Waals surface area contributed by atoms with E-state index in [-0.39, 0.29) is 22.9 Å². The second kappa shape index (κ2) is 12.9. The lowest BCUT2D eigenvalue weighted by Gasteiger charge is -2.45. The number of alkyl halides is 6. The summed E-state index contributed by atoms with van der Waals surface area (Å²) in [5.41, 5.74) is -1.67. The molecule has 5 rings (SSSR count). The predicted octanol–water partition coefficient (Wildman–Crippen LogP) is 8.67. The molecule has 2 aliphatic rings. The first kappa shape index (κ1) is 33.2. The number of nitrogens with one attached hydrogen (secondary N) is 2. The maximum atomic E-state index is 14.8. The molecule has 5 nitrogen and oxygen atoms in total. The van der Waals surface area contributed by atoms with Crippen LogP contribution >= 0.6 is 0 Å². The van der Waals surface area contributed by atoms with E-state index in [9.17, 15) is 44.7 Å². The van der Waals surface area contributed by atoms with Crippen LogP contribution < -0.4 is 10.6 Å². The van der Waals surface area contributed by atoms with Gasteiger partial charge in [-0.2, -0.15) is 26.3 Å². The number of hydrogen-bond acceptors (Lipinski definition) is 3. The third-order valence-electron chi connectivity index (χ3n) is 8.70. The normalized spacial score (nSPS) is 20.9. The molecule has 2 N–H and O–H groups in total. The van der Waals surface area contributed by atoms with E-state index < -0.39 is 77.8 Å². The summed E-state index contributed by atoms with van der Waals surface area (Å²) in [6, 6.07) is 10.6. The second-order valence-corrected chi connectivity index (χ2v) is 11.8. The van der Waals surface area contributed by atoms with Crippen molar-refractivity contribution in [2.24, 2.45) is 11.8 Å². The Balaban J connectivity index is 1.57. The molecule has 3 atom stereocenters. The standard InChI is InChI=1S/C33H31F8N3O2/c1-18-9-12-23(16-25(18)33(39,40)41)43-30(45)24-15-20(32(36,37)38)17-44(31(46)28-26(34)7-4-8-27(28)35)29(24)19-10-13-22(14-11-19)42-21-5-2-3-6-21/h4,7-14,16,20-21,24,29,42H,2-3,5-6,15,17H2,1H3,(H,43,45)/t20-,24?,29+/m1/s1. The molecule has 0 spiro atoms. The molecule has 246 valence electrons. The van der Waals surface area contributed by atoms with Crippen LogP contribution in [0.4, 0.5) is 46.5 Å². The van der Waals surface area contributed by atoms with E-state index in [0.717, 1.165) is 49.9 Å². The van der Waals surface area contributed by atoms with Gasteiger partial charge in [0.25, 0.3) is 5.91 Å². The number of carbonyl (C=O) groups excluding carboxylic acids is 2. The van der Waals surface area contributed by atoms with Gasteiger partial charge in [-0.15, -0.1) is 0 Å². The van der Waals surface area contributed by atoms with Crippen LogP contribution in [-0.4, -0.2) is 35.5 Å². The Kier molecular flexibility index (Phi) is 9.33. The molecule has 0 aromatic heterocycles. The fourth-order valence-corrected chi connectivity index (χ4v) is 6.36. The summed E-state index contributed by atoms with van der Waals surface area (Å²) in [6.07, 6.45) is -6.48. The van der Waals surface area contributed by atoms with E-state index in [1.54, 1.807) is 12.1 Å². The van der Waals surface area contributed by atoms with Gasteiger partial charge in [-0.25, -0.2) is 8.78 Å². The second-order valence-electron chi connectivity index (χ2n) is 11.8. The highest BCUT2D eigenvalue weighted by atomic mass is 19.4. The minimum atomic E-state index is -4.92. The largest absolute Gasteiger partial charge is 0.416 e. The first-order chi connectivity index (χ1) is 21.6. The number of aryl methyl sites for hydroxylation is 1. The Hall–Kier alpha value is -4.16. The van der Waals surface area contributed by atoms with Gasteiger partial charge in [0.2, 0.25) is 5.91 Å². The third kappa shape index (κ3) is 7.13. The summed E-state index contributed by atoms with van der Waals surface area (Å²) in [5.74, 6) is -9.01. The molecule has 1 unspecified atom stereocenters. The van der Waals surface area contributed by atoms with Gasteiger partial charge in [0.15, 0.2) is 0 Å². The van der Waals surface area contributed by atoms with Crippen LogP contribution in [0.5, 0.6) is 0 Å². The Morgan fingerprint density at radius 1 is 0.848 bits per heavy atom. The Morgan fingerprint density at radius 2 is 1.46 bits per heavy atom. The monoisotopic (exact) mass is 653 g/mol. The molecule has 1 heterocycles. The minimum Gasteiger partial charge on any atom is -0.382 e. The number of carbonyl (C=O) groups is 2. The molecule has 3 aromatic carbocycles. The van der Waals surface area contributed by atoms with Gasteiger partial charge in [0.1, 0.15) is 17.2 Å². The maximum absolute atomic E-state index is 14.8. The topological polar surface area (TPSA) is 61.4 Å². The van der Waals surface area contributed by atoms with Crippen LogP contribution in [0.3, 0.4) is 0 Å². The van der Waals surface area contributed by atoms with Gasteiger partial charge >= 0.3 is 12.4 Å². The van der Waals surface area contributed by atoms with Crippen molar-refractivity contribution in [2.75, 3.05) is 17.2 Å². The molecule has 46 heavy (non-hydrogen) atoms. The summed E-state index contributed by atoms with van der Waals surface area (Å²) < 4.78 is 113. The number of piperidine rings is 1. The summed E-state index contributed by atoms with van der Waals surface area (Å²) in [4.78, 5) is 28.1. The number of anilines is 2. The highest BCUT2D eigenvalue weighted by Gasteiger charge is 2.52. The van der Waals surface area contributed by atoms with Gasteiger partial charge in [0, 0.05) is 24.0 Å². The number of hydrogen-bond donors (Lipinski definition) is 2.